The van der Waals surface area contributed by atoms with Gasteiger partial charge in [0.25, 0.3) is 0 Å². The number of amidine groups is 1. The molecule has 1 heterocycles. The molecule has 28 heavy (non-hydrogen) atoms. The van der Waals surface area contributed by atoms with Gasteiger partial charge in [0, 0.05) is 5.56 Å². The molecule has 1 aliphatic rings. The van der Waals surface area contributed by atoms with Gasteiger partial charge >= 0.3 is 0 Å². The highest BCUT2D eigenvalue weighted by molar-refractivity contribution is 7.89. The van der Waals surface area contributed by atoms with Gasteiger partial charge in [0.05, 0.1) is 4.90 Å². The van der Waals surface area contributed by atoms with Gasteiger partial charge in [0.15, 0.2) is 5.84 Å². The van der Waals surface area contributed by atoms with Gasteiger partial charge in [-0.2, -0.15) is 5.53 Å². The molecule has 0 unspecified atom stereocenters. The number of rotatable bonds is 6. The third-order valence-electron chi connectivity index (χ3n) is 4.50. The van der Waals surface area contributed by atoms with E-state index in [4.69, 9.17) is 21.1 Å². The molecule has 0 spiro atoms. The third-order valence-corrected chi connectivity index (χ3v) is 5.45. The Kier molecular flexibility index (Phi) is 6.02. The molecular formula is C18H22N6O3S. The predicted octanol–water partition coefficient (Wildman–Crippen LogP) is 1.78. The van der Waals surface area contributed by atoms with Crippen molar-refractivity contribution >= 4 is 15.9 Å². The average Bonchev–Trinajstić information content (AvgIpc) is 2.68. The van der Waals surface area contributed by atoms with Crippen LogP contribution < -0.4 is 20.9 Å². The van der Waals surface area contributed by atoms with Crippen molar-refractivity contribution < 1.29 is 13.2 Å². The lowest BCUT2D eigenvalue weighted by molar-refractivity contribution is 0.162. The van der Waals surface area contributed by atoms with Crippen LogP contribution in [0.1, 0.15) is 18.4 Å². The van der Waals surface area contributed by atoms with E-state index < -0.39 is 10.0 Å². The maximum Gasteiger partial charge on any atom is 0.238 e. The van der Waals surface area contributed by atoms with Crippen molar-refractivity contribution in [1.29, 1.82) is 5.53 Å². The lowest BCUT2D eigenvalue weighted by Crippen LogP contribution is -2.34. The summed E-state index contributed by atoms with van der Waals surface area (Å²) in [6.45, 7) is 1.87. The van der Waals surface area contributed by atoms with Crippen LogP contribution in [0, 0.1) is 5.53 Å². The quantitative estimate of drug-likeness (QED) is 0.251. The number of benzene rings is 2. The van der Waals surface area contributed by atoms with Crippen LogP contribution in [-0.2, 0) is 10.0 Å². The normalized spacial score (nSPS) is 16.0. The fourth-order valence-corrected chi connectivity index (χ4v) is 3.96. The van der Waals surface area contributed by atoms with Crippen LogP contribution in [-0.4, -0.2) is 33.4 Å². The van der Waals surface area contributed by atoms with Gasteiger partial charge in [-0.3, -0.25) is 0 Å². The number of sulfonamides is 1. The van der Waals surface area contributed by atoms with Gasteiger partial charge in [0.2, 0.25) is 10.0 Å². The zero-order valence-corrected chi connectivity index (χ0v) is 15.9. The van der Waals surface area contributed by atoms with Crippen molar-refractivity contribution in [2.45, 2.75) is 23.8 Å². The molecule has 1 saturated heterocycles. The minimum absolute atomic E-state index is 0.119. The molecule has 148 valence electrons. The molecule has 2 aromatic rings. The van der Waals surface area contributed by atoms with E-state index in [-0.39, 0.29) is 22.4 Å². The number of ether oxygens (including phenoxy) is 1. The Morgan fingerprint density at radius 2 is 1.82 bits per heavy atom. The largest absolute Gasteiger partial charge is 0.490 e. The Balaban J connectivity index is 1.98. The van der Waals surface area contributed by atoms with Gasteiger partial charge < -0.3 is 15.8 Å². The third kappa shape index (κ3) is 4.53. The molecule has 0 amide bonds. The lowest BCUT2D eigenvalue weighted by Gasteiger charge is -2.24. The van der Waals surface area contributed by atoms with E-state index in [1.165, 1.54) is 6.07 Å². The first-order chi connectivity index (χ1) is 13.4. The average molecular weight is 402 g/mol. The van der Waals surface area contributed by atoms with Crippen LogP contribution in [0.15, 0.2) is 57.7 Å². The summed E-state index contributed by atoms with van der Waals surface area (Å²) in [6.07, 6.45) is 2.08. The summed E-state index contributed by atoms with van der Waals surface area (Å²) in [5, 5.41) is 15.0. The van der Waals surface area contributed by atoms with Crippen molar-refractivity contribution in [2.24, 2.45) is 21.2 Å². The predicted molar refractivity (Wildman–Crippen MR) is 106 cm³/mol. The number of nitrogens with two attached hydrogens (primary N) is 2. The maximum absolute atomic E-state index is 12.0. The van der Waals surface area contributed by atoms with Crippen LogP contribution in [0.4, 0.5) is 0 Å². The van der Waals surface area contributed by atoms with E-state index in [1.54, 1.807) is 12.1 Å². The van der Waals surface area contributed by atoms with E-state index in [1.807, 2.05) is 24.3 Å². The van der Waals surface area contributed by atoms with E-state index in [9.17, 15) is 8.42 Å². The number of hydrogen-bond donors (Lipinski definition) is 4. The molecule has 2 aromatic carbocycles. The zero-order valence-electron chi connectivity index (χ0n) is 15.1. The Morgan fingerprint density at radius 1 is 1.14 bits per heavy atom. The molecule has 0 aliphatic carbocycles. The zero-order chi connectivity index (χ0) is 20.1. The fourth-order valence-electron chi connectivity index (χ4n) is 3.20. The van der Waals surface area contributed by atoms with Gasteiger partial charge in [0.1, 0.15) is 11.9 Å². The summed E-state index contributed by atoms with van der Waals surface area (Å²) < 4.78 is 30.0. The maximum atomic E-state index is 12.0. The molecule has 0 bridgehead atoms. The Hall–Kier alpha value is -2.82. The number of piperidine rings is 1. The number of primary sulfonamides is 1. The number of hydrogen-bond acceptors (Lipinski definition) is 6. The van der Waals surface area contributed by atoms with Gasteiger partial charge in [-0.15, -0.1) is 5.10 Å². The van der Waals surface area contributed by atoms with E-state index >= 15 is 0 Å². The topological polar surface area (TPSA) is 156 Å². The smallest absolute Gasteiger partial charge is 0.238 e. The van der Waals surface area contributed by atoms with Crippen LogP contribution >= 0.6 is 0 Å². The van der Waals surface area contributed by atoms with Crippen molar-refractivity contribution in [3.63, 3.8) is 0 Å². The van der Waals surface area contributed by atoms with Crippen molar-refractivity contribution in [2.75, 3.05) is 13.1 Å². The highest BCUT2D eigenvalue weighted by atomic mass is 32.2. The summed E-state index contributed by atoms with van der Waals surface area (Å²) in [6, 6.07) is 11.9. The van der Waals surface area contributed by atoms with Gasteiger partial charge in [-0.05, 0) is 55.3 Å². The van der Waals surface area contributed by atoms with Crippen LogP contribution in [0.25, 0.3) is 11.1 Å². The molecule has 0 radical (unpaired) electrons. The highest BCUT2D eigenvalue weighted by Crippen LogP contribution is 2.30. The van der Waals surface area contributed by atoms with Gasteiger partial charge in [-0.1, -0.05) is 29.5 Å². The van der Waals surface area contributed by atoms with Crippen LogP contribution in [0.3, 0.4) is 0 Å². The van der Waals surface area contributed by atoms with Crippen LogP contribution in [0.5, 0.6) is 5.75 Å². The second kappa shape index (κ2) is 8.46. The Morgan fingerprint density at radius 3 is 2.43 bits per heavy atom. The monoisotopic (exact) mass is 402 g/mol. The molecule has 0 saturated carbocycles. The summed E-state index contributed by atoms with van der Waals surface area (Å²) in [7, 11) is -4.05. The molecule has 9 nitrogen and oxygen atoms in total. The van der Waals surface area contributed by atoms with Crippen molar-refractivity contribution in [3.8, 4) is 16.9 Å². The van der Waals surface area contributed by atoms with E-state index in [2.05, 4.69) is 15.6 Å². The van der Waals surface area contributed by atoms with Crippen molar-refractivity contribution in [3.05, 3.63) is 48.0 Å². The first-order valence-corrected chi connectivity index (χ1v) is 10.3. The van der Waals surface area contributed by atoms with Crippen LogP contribution in [0.2, 0.25) is 0 Å². The molecular weight excluding hydrogens is 380 g/mol. The van der Waals surface area contributed by atoms with Gasteiger partial charge in [-0.25, -0.2) is 13.6 Å². The number of nitrogens with zero attached hydrogens (tertiary/aromatic N) is 2. The Bertz CT molecular complexity index is 983. The molecule has 0 atom stereocenters. The molecule has 10 heteroatoms. The second-order valence-corrected chi connectivity index (χ2v) is 7.93. The summed E-state index contributed by atoms with van der Waals surface area (Å²) in [5.74, 6) is 0.534. The SMILES string of the molecule is N=N/N=C(\N)c1c(-c2ccc(OC3CCNCC3)cc2)cccc1S(N)(=O)=O. The standard InChI is InChI=1S/C18H22N6O3S/c19-18(23-24-20)17-15(2-1-3-16(17)28(21,25)26)12-4-6-13(7-5-12)27-14-8-10-22-11-9-14/h1-7,14,22H,8-11H2,(H3,19,20,23)(H2,21,25,26). The molecule has 1 fully saturated rings. The Labute approximate surface area is 163 Å². The highest BCUT2D eigenvalue weighted by Gasteiger charge is 2.21. The molecule has 3 rings (SSSR count). The fraction of sp³-hybridized carbons (Fsp3) is 0.278. The minimum atomic E-state index is -4.05. The second-order valence-electron chi connectivity index (χ2n) is 6.40. The minimum Gasteiger partial charge on any atom is -0.490 e. The van der Waals surface area contributed by atoms with Crippen molar-refractivity contribution in [1.82, 2.24) is 5.32 Å². The number of nitrogens with one attached hydrogen (secondary N) is 2. The van der Waals surface area contributed by atoms with E-state index in [0.29, 0.717) is 11.1 Å². The lowest BCUT2D eigenvalue weighted by atomic mass is 9.99. The molecule has 1 aliphatic heterocycles. The summed E-state index contributed by atoms with van der Waals surface area (Å²) in [5.41, 5.74) is 14.1. The summed E-state index contributed by atoms with van der Waals surface area (Å²) >= 11 is 0. The van der Waals surface area contributed by atoms with E-state index in [0.717, 1.165) is 31.7 Å². The first-order valence-electron chi connectivity index (χ1n) is 8.74. The molecule has 6 N–H and O–H groups in total. The first kappa shape index (κ1) is 19.9. The summed E-state index contributed by atoms with van der Waals surface area (Å²) in [4.78, 5) is -0.176. The molecule has 0 aromatic heterocycles.